The zero-order chi connectivity index (χ0) is 16.8. The lowest BCUT2D eigenvalue weighted by atomic mass is 9.74. The molecule has 0 aromatic heterocycles. The van der Waals surface area contributed by atoms with Crippen LogP contribution in [0, 0.1) is 26.7 Å². The minimum Gasteiger partial charge on any atom is -0.398 e. The molecule has 0 saturated heterocycles. The molecule has 0 fully saturated rings. The standard InChI is InChI=1S/C23H23N/c1-14-12-15(2)21(16(3)13-14)22-17-8-4-6-10-19(17)23(24)20-11-7-5-9-18(20)22/h4-8,10-13,18H,9,24H2,1-3H3. The van der Waals surface area contributed by atoms with E-state index in [1.165, 1.54) is 43.8 Å². The molecule has 2 aromatic carbocycles. The van der Waals surface area contributed by atoms with Gasteiger partial charge in [-0.1, -0.05) is 60.2 Å². The van der Waals surface area contributed by atoms with Crippen molar-refractivity contribution < 1.29 is 0 Å². The summed E-state index contributed by atoms with van der Waals surface area (Å²) in [4.78, 5) is 0. The van der Waals surface area contributed by atoms with Gasteiger partial charge >= 0.3 is 0 Å². The van der Waals surface area contributed by atoms with E-state index in [9.17, 15) is 0 Å². The van der Waals surface area contributed by atoms with Gasteiger partial charge in [-0.2, -0.15) is 0 Å². The Hall–Kier alpha value is -2.54. The first-order valence-electron chi connectivity index (χ1n) is 8.62. The fraction of sp³-hybridized carbons (Fsp3) is 0.217. The molecule has 0 heterocycles. The number of aryl methyl sites for hydroxylation is 3. The van der Waals surface area contributed by atoms with Crippen molar-refractivity contribution in [3.63, 3.8) is 0 Å². The second-order valence-corrected chi connectivity index (χ2v) is 6.99. The summed E-state index contributed by atoms with van der Waals surface area (Å²) in [5.74, 6) is 0.352. The van der Waals surface area contributed by atoms with Crippen molar-refractivity contribution in [2.75, 3.05) is 0 Å². The molecule has 0 saturated carbocycles. The zero-order valence-corrected chi connectivity index (χ0v) is 14.6. The molecule has 1 unspecified atom stereocenters. The van der Waals surface area contributed by atoms with Crippen LogP contribution >= 0.6 is 0 Å². The topological polar surface area (TPSA) is 26.0 Å². The number of hydrogen-bond acceptors (Lipinski definition) is 1. The van der Waals surface area contributed by atoms with E-state index in [-0.39, 0.29) is 0 Å². The molecule has 1 nitrogen and oxygen atoms in total. The van der Waals surface area contributed by atoms with Crippen molar-refractivity contribution in [2.45, 2.75) is 27.2 Å². The number of allylic oxidation sites excluding steroid dienone is 3. The van der Waals surface area contributed by atoms with Crippen LogP contribution < -0.4 is 16.2 Å². The molecular weight excluding hydrogens is 290 g/mol. The van der Waals surface area contributed by atoms with Crippen LogP contribution in [-0.4, -0.2) is 0 Å². The van der Waals surface area contributed by atoms with E-state index in [4.69, 9.17) is 5.73 Å². The lowest BCUT2D eigenvalue weighted by Gasteiger charge is -2.30. The summed E-state index contributed by atoms with van der Waals surface area (Å²) in [6, 6.07) is 13.2. The van der Waals surface area contributed by atoms with Crippen LogP contribution in [0.3, 0.4) is 0 Å². The fourth-order valence-corrected chi connectivity index (χ4v) is 4.39. The highest BCUT2D eigenvalue weighted by molar-refractivity contribution is 5.83. The average molecular weight is 313 g/mol. The van der Waals surface area contributed by atoms with Crippen LogP contribution in [-0.2, 0) is 0 Å². The van der Waals surface area contributed by atoms with Gasteiger partial charge in [0.05, 0.1) is 0 Å². The summed E-state index contributed by atoms with van der Waals surface area (Å²) >= 11 is 0. The third-order valence-corrected chi connectivity index (χ3v) is 5.27. The number of nitrogens with two attached hydrogens (primary N) is 1. The van der Waals surface area contributed by atoms with Crippen molar-refractivity contribution in [3.05, 3.63) is 92.9 Å². The van der Waals surface area contributed by atoms with Crippen LogP contribution in [0.2, 0.25) is 0 Å². The molecule has 1 atom stereocenters. The van der Waals surface area contributed by atoms with Crippen molar-refractivity contribution in [1.82, 2.24) is 0 Å². The predicted molar refractivity (Wildman–Crippen MR) is 102 cm³/mol. The first-order chi connectivity index (χ1) is 11.6. The molecule has 0 aliphatic heterocycles. The van der Waals surface area contributed by atoms with Gasteiger partial charge in [0.25, 0.3) is 0 Å². The van der Waals surface area contributed by atoms with Gasteiger partial charge < -0.3 is 5.73 Å². The van der Waals surface area contributed by atoms with Gasteiger partial charge in [0.1, 0.15) is 0 Å². The first kappa shape index (κ1) is 15.0. The highest BCUT2D eigenvalue weighted by Crippen LogP contribution is 2.38. The van der Waals surface area contributed by atoms with Crippen molar-refractivity contribution >= 4 is 11.3 Å². The maximum absolute atomic E-state index is 6.54. The van der Waals surface area contributed by atoms with Gasteiger partial charge in [-0.05, 0) is 60.2 Å². The summed E-state index contributed by atoms with van der Waals surface area (Å²) < 4.78 is 0. The fourth-order valence-electron chi connectivity index (χ4n) is 4.39. The first-order valence-corrected chi connectivity index (χ1v) is 8.62. The van der Waals surface area contributed by atoms with Crippen molar-refractivity contribution in [1.29, 1.82) is 0 Å². The van der Waals surface area contributed by atoms with E-state index in [2.05, 4.69) is 75.4 Å². The minimum atomic E-state index is 0.352. The van der Waals surface area contributed by atoms with E-state index in [0.29, 0.717) is 5.92 Å². The van der Waals surface area contributed by atoms with E-state index >= 15 is 0 Å². The average Bonchev–Trinajstić information content (AvgIpc) is 2.57. The Kier molecular flexibility index (Phi) is 3.45. The lowest BCUT2D eigenvalue weighted by molar-refractivity contribution is 0.792. The Balaban J connectivity index is 2.17. The van der Waals surface area contributed by atoms with Gasteiger partial charge in [-0.3, -0.25) is 0 Å². The SMILES string of the molecule is Cc1cc(C)c(C2=c3ccccc3=C(N)C3=CC=CCC32)c(C)c1. The molecule has 2 aliphatic rings. The number of fused-ring (bicyclic) bond motifs is 2. The number of hydrogen-bond donors (Lipinski definition) is 1. The van der Waals surface area contributed by atoms with Gasteiger partial charge in [-0.15, -0.1) is 0 Å². The van der Waals surface area contributed by atoms with Crippen molar-refractivity contribution in [2.24, 2.45) is 11.7 Å². The molecular formula is C23H23N. The van der Waals surface area contributed by atoms with Crippen LogP contribution in [0.15, 0.2) is 60.2 Å². The molecule has 0 spiro atoms. The van der Waals surface area contributed by atoms with Crippen LogP contribution in [0.25, 0.3) is 11.3 Å². The van der Waals surface area contributed by atoms with Gasteiger partial charge in [0.15, 0.2) is 0 Å². The highest BCUT2D eigenvalue weighted by Gasteiger charge is 2.28. The predicted octanol–water partition coefficient (Wildman–Crippen LogP) is 3.39. The van der Waals surface area contributed by atoms with Crippen LogP contribution in [0.5, 0.6) is 0 Å². The monoisotopic (exact) mass is 313 g/mol. The van der Waals surface area contributed by atoms with E-state index in [0.717, 1.165) is 12.1 Å². The van der Waals surface area contributed by atoms with Gasteiger partial charge in [0.2, 0.25) is 0 Å². The molecule has 0 amide bonds. The third-order valence-electron chi connectivity index (χ3n) is 5.27. The van der Waals surface area contributed by atoms with Crippen molar-refractivity contribution in [3.8, 4) is 0 Å². The normalized spacial score (nSPS) is 19.0. The molecule has 4 rings (SSSR count). The molecule has 24 heavy (non-hydrogen) atoms. The number of rotatable bonds is 1. The molecule has 0 bridgehead atoms. The Morgan fingerprint density at radius 1 is 0.958 bits per heavy atom. The Morgan fingerprint density at radius 3 is 2.33 bits per heavy atom. The largest absolute Gasteiger partial charge is 0.398 e. The molecule has 1 heteroatoms. The third kappa shape index (κ3) is 2.16. The van der Waals surface area contributed by atoms with Crippen LogP contribution in [0.1, 0.15) is 28.7 Å². The Labute approximate surface area is 143 Å². The van der Waals surface area contributed by atoms with E-state index < -0.39 is 0 Å². The molecule has 2 aliphatic carbocycles. The molecule has 0 radical (unpaired) electrons. The molecule has 120 valence electrons. The minimum absolute atomic E-state index is 0.352. The smallest absolute Gasteiger partial charge is 0.0432 e. The number of benzene rings is 2. The molecule has 2 N–H and O–H groups in total. The maximum atomic E-state index is 6.54. The summed E-state index contributed by atoms with van der Waals surface area (Å²) in [6.07, 6.45) is 7.61. The lowest BCUT2D eigenvalue weighted by Crippen LogP contribution is -2.40. The van der Waals surface area contributed by atoms with Gasteiger partial charge in [-0.25, -0.2) is 0 Å². The van der Waals surface area contributed by atoms with Crippen LogP contribution in [0.4, 0.5) is 0 Å². The quantitative estimate of drug-likeness (QED) is 0.858. The summed E-state index contributed by atoms with van der Waals surface area (Å²) in [6.45, 7) is 6.63. The summed E-state index contributed by atoms with van der Waals surface area (Å²) in [5.41, 5.74) is 15.6. The zero-order valence-electron chi connectivity index (χ0n) is 14.6. The van der Waals surface area contributed by atoms with Gasteiger partial charge in [0, 0.05) is 16.8 Å². The summed E-state index contributed by atoms with van der Waals surface area (Å²) in [7, 11) is 0. The van der Waals surface area contributed by atoms with E-state index in [1.807, 2.05) is 0 Å². The second kappa shape index (κ2) is 5.52. The Bertz CT molecular complexity index is 995. The van der Waals surface area contributed by atoms with E-state index in [1.54, 1.807) is 0 Å². The highest BCUT2D eigenvalue weighted by atomic mass is 14.6. The summed E-state index contributed by atoms with van der Waals surface area (Å²) in [5, 5.41) is 2.46. The molecule has 2 aromatic rings. The Morgan fingerprint density at radius 2 is 1.62 bits per heavy atom. The second-order valence-electron chi connectivity index (χ2n) is 6.99. The maximum Gasteiger partial charge on any atom is 0.0432 e.